The Labute approximate surface area is 177 Å². The van der Waals surface area contributed by atoms with Gasteiger partial charge >= 0.3 is 0 Å². The number of amides is 1. The third-order valence-corrected chi connectivity index (χ3v) is 5.11. The van der Waals surface area contributed by atoms with Gasteiger partial charge in [0, 0.05) is 35.1 Å². The Hall–Kier alpha value is -4.32. The van der Waals surface area contributed by atoms with Crippen molar-refractivity contribution in [2.45, 2.75) is 0 Å². The molecular formula is C25H17FN4O. The van der Waals surface area contributed by atoms with Gasteiger partial charge in [0.25, 0.3) is 5.91 Å². The summed E-state index contributed by atoms with van der Waals surface area (Å²) in [6.07, 6.45) is 6.65. The van der Waals surface area contributed by atoms with Crippen LogP contribution in [0.5, 0.6) is 0 Å². The topological polar surface area (TPSA) is 70.7 Å². The van der Waals surface area contributed by atoms with E-state index in [1.807, 2.05) is 36.4 Å². The van der Waals surface area contributed by atoms with Crippen LogP contribution in [0.4, 0.5) is 10.1 Å². The molecule has 150 valence electrons. The van der Waals surface area contributed by atoms with E-state index in [0.29, 0.717) is 16.9 Å². The number of hydrogen-bond acceptors (Lipinski definition) is 3. The Morgan fingerprint density at radius 2 is 1.71 bits per heavy atom. The number of rotatable bonds is 4. The fourth-order valence-electron chi connectivity index (χ4n) is 3.54. The lowest BCUT2D eigenvalue weighted by Gasteiger charge is -2.10. The van der Waals surface area contributed by atoms with Crippen molar-refractivity contribution < 1.29 is 9.18 Å². The molecule has 0 aliphatic carbocycles. The van der Waals surface area contributed by atoms with E-state index in [1.54, 1.807) is 43.0 Å². The molecule has 0 saturated heterocycles. The van der Waals surface area contributed by atoms with E-state index in [-0.39, 0.29) is 11.7 Å². The number of aromatic amines is 1. The molecule has 3 aromatic heterocycles. The Morgan fingerprint density at radius 1 is 0.903 bits per heavy atom. The van der Waals surface area contributed by atoms with Gasteiger partial charge in [0.15, 0.2) is 0 Å². The minimum Gasteiger partial charge on any atom is -0.345 e. The number of H-pyrrole nitrogens is 1. The van der Waals surface area contributed by atoms with Crippen molar-refractivity contribution in [2.24, 2.45) is 0 Å². The molecule has 0 aliphatic rings. The average molecular weight is 408 g/mol. The largest absolute Gasteiger partial charge is 0.345 e. The van der Waals surface area contributed by atoms with Crippen molar-refractivity contribution in [3.63, 3.8) is 0 Å². The maximum Gasteiger partial charge on any atom is 0.257 e. The van der Waals surface area contributed by atoms with Crippen LogP contribution in [0.3, 0.4) is 0 Å². The number of carbonyl (C=O) groups excluding carboxylic acids is 1. The molecule has 0 bridgehead atoms. The zero-order valence-corrected chi connectivity index (χ0v) is 16.3. The maximum absolute atomic E-state index is 13.3. The fourth-order valence-corrected chi connectivity index (χ4v) is 3.54. The summed E-state index contributed by atoms with van der Waals surface area (Å²) in [6, 6.07) is 19.7. The van der Waals surface area contributed by atoms with Crippen LogP contribution >= 0.6 is 0 Å². The predicted molar refractivity (Wildman–Crippen MR) is 119 cm³/mol. The monoisotopic (exact) mass is 408 g/mol. The summed E-state index contributed by atoms with van der Waals surface area (Å²) in [5.41, 5.74) is 5.15. The number of nitrogens with one attached hydrogen (secondary N) is 2. The molecule has 0 unspecified atom stereocenters. The standard InChI is InChI=1S/C25H17FN4O/c26-19-8-6-17(7-9-19)20-10-11-27-15-23(20)30-25(31)22-14-29-24-21(22)12-18(13-28-24)16-4-2-1-3-5-16/h1-15H,(H,28,29)(H,30,31). The summed E-state index contributed by atoms with van der Waals surface area (Å²) in [5, 5.41) is 3.66. The van der Waals surface area contributed by atoms with Gasteiger partial charge in [-0.25, -0.2) is 9.37 Å². The fraction of sp³-hybridized carbons (Fsp3) is 0. The van der Waals surface area contributed by atoms with Crippen LogP contribution in [0.2, 0.25) is 0 Å². The van der Waals surface area contributed by atoms with E-state index < -0.39 is 0 Å². The van der Waals surface area contributed by atoms with Crippen LogP contribution in [-0.2, 0) is 0 Å². The molecule has 0 spiro atoms. The molecule has 6 heteroatoms. The number of nitrogens with zero attached hydrogens (tertiary/aromatic N) is 2. The summed E-state index contributed by atoms with van der Waals surface area (Å²) >= 11 is 0. The van der Waals surface area contributed by atoms with Gasteiger partial charge in [-0.2, -0.15) is 0 Å². The molecular weight excluding hydrogens is 391 g/mol. The van der Waals surface area contributed by atoms with E-state index in [9.17, 15) is 9.18 Å². The molecule has 0 fully saturated rings. The molecule has 0 aliphatic heterocycles. The van der Waals surface area contributed by atoms with E-state index in [4.69, 9.17) is 0 Å². The van der Waals surface area contributed by atoms with Gasteiger partial charge in [-0.05, 0) is 35.4 Å². The smallest absolute Gasteiger partial charge is 0.257 e. The van der Waals surface area contributed by atoms with Crippen molar-refractivity contribution in [3.05, 3.63) is 103 Å². The molecule has 5 nitrogen and oxygen atoms in total. The first-order valence-electron chi connectivity index (χ1n) is 9.73. The minimum absolute atomic E-state index is 0.283. The van der Waals surface area contributed by atoms with Crippen molar-refractivity contribution in [2.75, 3.05) is 5.32 Å². The third kappa shape index (κ3) is 3.67. The number of carbonyl (C=O) groups is 1. The molecule has 2 N–H and O–H groups in total. The molecule has 0 atom stereocenters. The van der Waals surface area contributed by atoms with Crippen molar-refractivity contribution in [3.8, 4) is 22.3 Å². The van der Waals surface area contributed by atoms with Crippen molar-refractivity contribution in [1.29, 1.82) is 0 Å². The summed E-state index contributed by atoms with van der Waals surface area (Å²) in [7, 11) is 0. The third-order valence-electron chi connectivity index (χ3n) is 5.11. The van der Waals surface area contributed by atoms with Crippen LogP contribution in [0.15, 0.2) is 91.5 Å². The molecule has 2 aromatic carbocycles. The highest BCUT2D eigenvalue weighted by Crippen LogP contribution is 2.29. The van der Waals surface area contributed by atoms with Gasteiger partial charge in [0.05, 0.1) is 17.4 Å². The molecule has 31 heavy (non-hydrogen) atoms. The number of halogens is 1. The highest BCUT2D eigenvalue weighted by molar-refractivity contribution is 6.13. The number of anilines is 1. The van der Waals surface area contributed by atoms with Gasteiger partial charge in [-0.15, -0.1) is 0 Å². The first-order chi connectivity index (χ1) is 15.2. The maximum atomic E-state index is 13.3. The second kappa shape index (κ2) is 7.84. The average Bonchev–Trinajstić information content (AvgIpc) is 3.24. The predicted octanol–water partition coefficient (Wildman–Crippen LogP) is 5.68. The van der Waals surface area contributed by atoms with Crippen LogP contribution < -0.4 is 5.32 Å². The number of fused-ring (bicyclic) bond motifs is 1. The van der Waals surface area contributed by atoms with E-state index in [1.165, 1.54) is 12.1 Å². The summed E-state index contributed by atoms with van der Waals surface area (Å²) < 4.78 is 13.3. The van der Waals surface area contributed by atoms with Crippen LogP contribution in [0, 0.1) is 5.82 Å². The van der Waals surface area contributed by atoms with Gasteiger partial charge in [0.1, 0.15) is 11.5 Å². The van der Waals surface area contributed by atoms with Crippen molar-refractivity contribution >= 4 is 22.6 Å². The second-order valence-corrected chi connectivity index (χ2v) is 7.07. The number of benzene rings is 2. The Kier molecular flexibility index (Phi) is 4.72. The Balaban J connectivity index is 1.50. The lowest BCUT2D eigenvalue weighted by Crippen LogP contribution is -2.12. The normalized spacial score (nSPS) is 10.9. The summed E-state index contributed by atoms with van der Waals surface area (Å²) in [5.74, 6) is -0.599. The van der Waals surface area contributed by atoms with Gasteiger partial charge in [0.2, 0.25) is 0 Å². The van der Waals surface area contributed by atoms with Crippen LogP contribution in [-0.4, -0.2) is 20.9 Å². The molecule has 3 heterocycles. The van der Waals surface area contributed by atoms with Crippen molar-refractivity contribution in [1.82, 2.24) is 15.0 Å². The molecule has 5 rings (SSSR count). The SMILES string of the molecule is O=C(Nc1cnccc1-c1ccc(F)cc1)c1c[nH]c2ncc(-c3ccccc3)cc12. The van der Waals surface area contributed by atoms with Gasteiger partial charge in [-0.1, -0.05) is 42.5 Å². The number of aromatic nitrogens is 3. The summed E-state index contributed by atoms with van der Waals surface area (Å²) in [6.45, 7) is 0. The number of pyridine rings is 2. The quantitative estimate of drug-likeness (QED) is 0.402. The van der Waals surface area contributed by atoms with E-state index >= 15 is 0 Å². The second-order valence-electron chi connectivity index (χ2n) is 7.07. The first kappa shape index (κ1) is 18.7. The summed E-state index contributed by atoms with van der Waals surface area (Å²) in [4.78, 5) is 24.8. The first-order valence-corrected chi connectivity index (χ1v) is 9.73. The van der Waals surface area contributed by atoms with Gasteiger partial charge < -0.3 is 10.3 Å². The molecule has 1 amide bonds. The van der Waals surface area contributed by atoms with Crippen LogP contribution in [0.25, 0.3) is 33.3 Å². The van der Waals surface area contributed by atoms with Gasteiger partial charge in [-0.3, -0.25) is 9.78 Å². The molecule has 0 saturated carbocycles. The van der Waals surface area contributed by atoms with Crippen LogP contribution in [0.1, 0.15) is 10.4 Å². The zero-order valence-electron chi connectivity index (χ0n) is 16.3. The lowest BCUT2D eigenvalue weighted by atomic mass is 10.0. The minimum atomic E-state index is -0.316. The molecule has 0 radical (unpaired) electrons. The highest BCUT2D eigenvalue weighted by atomic mass is 19.1. The number of hydrogen-bond donors (Lipinski definition) is 2. The van der Waals surface area contributed by atoms with E-state index in [2.05, 4.69) is 20.3 Å². The Morgan fingerprint density at radius 3 is 2.52 bits per heavy atom. The Bertz CT molecular complexity index is 1380. The van der Waals surface area contributed by atoms with E-state index in [0.717, 1.165) is 27.6 Å². The lowest BCUT2D eigenvalue weighted by molar-refractivity contribution is 0.102. The zero-order chi connectivity index (χ0) is 21.2. The highest BCUT2D eigenvalue weighted by Gasteiger charge is 2.16. The molecule has 5 aromatic rings.